The van der Waals surface area contributed by atoms with Crippen LogP contribution >= 0.6 is 27.4 Å². The van der Waals surface area contributed by atoms with E-state index in [1.165, 1.54) is 63.1 Å². The van der Waals surface area contributed by atoms with Crippen LogP contribution in [0.2, 0.25) is 0 Å². The number of thioether (sulfide) groups is 1. The zero-order valence-corrected chi connectivity index (χ0v) is 39.2. The summed E-state index contributed by atoms with van der Waals surface area (Å²) in [6.07, 6.45) is 10.1. The molecule has 4 unspecified atom stereocenters. The average molecular weight is 937 g/mol. The number of aliphatic hydroxyl groups excluding tert-OH is 4. The van der Waals surface area contributed by atoms with Crippen LogP contribution in [0.15, 0.2) is 0 Å². The lowest BCUT2D eigenvalue weighted by Crippen LogP contribution is -2.64. The minimum atomic E-state index is -5.36. The van der Waals surface area contributed by atoms with Crippen molar-refractivity contribution in [1.29, 1.82) is 0 Å². The Bertz CT molecular complexity index is 1270. The van der Waals surface area contributed by atoms with Gasteiger partial charge in [0.05, 0.1) is 6.61 Å². The Morgan fingerprint density at radius 1 is 0.525 bits per heavy atom. The van der Waals surface area contributed by atoms with E-state index >= 15 is 0 Å². The normalized spacial score (nSPS) is 22.1. The fourth-order valence-corrected chi connectivity index (χ4v) is 9.39. The third-order valence-electron chi connectivity index (χ3n) is 10.4. The molecule has 0 amide bonds. The topological polar surface area (TPSA) is 273 Å². The van der Waals surface area contributed by atoms with Gasteiger partial charge in [-0.3, -0.25) is 28.0 Å². The van der Waals surface area contributed by atoms with Gasteiger partial charge in [0.25, 0.3) is 0 Å². The molecule has 0 aromatic carbocycles. The standard InChI is InChI=1S/C41H78O17P2S/c1-3-5-6-7-8-9-10-11-12-14-18-21-24-28-34(43)56-32(30-54-33(42)27-23-20-17-15-13-16-19-22-25-29-61-35(44)26-4-2)31-55-60(52,53)58-41-38(47)36(45)37(46)40(39(41)48)57-59(49,50)51/h32,36-41,45-48H,3-31H2,1-2H3,(H,52,53)(H2,49,50,51)/t32-,36+,37?,38?,39-,40-,41?/m1/s1. The minimum Gasteiger partial charge on any atom is -0.462 e. The summed E-state index contributed by atoms with van der Waals surface area (Å²) in [6.45, 7) is 2.85. The van der Waals surface area contributed by atoms with E-state index in [9.17, 15) is 48.8 Å². The number of hydrogen-bond donors (Lipinski definition) is 7. The van der Waals surface area contributed by atoms with Crippen LogP contribution < -0.4 is 0 Å². The summed E-state index contributed by atoms with van der Waals surface area (Å²) in [5.41, 5.74) is 0. The van der Waals surface area contributed by atoms with Crippen LogP contribution in [0.4, 0.5) is 0 Å². The van der Waals surface area contributed by atoms with E-state index in [1.54, 1.807) is 0 Å². The molecule has 0 heterocycles. The van der Waals surface area contributed by atoms with Gasteiger partial charge in [0.15, 0.2) is 11.2 Å². The molecule has 0 saturated heterocycles. The number of ether oxygens (including phenoxy) is 2. The monoisotopic (exact) mass is 936 g/mol. The van der Waals surface area contributed by atoms with Gasteiger partial charge in [-0.05, 0) is 25.7 Å². The molecule has 8 atom stereocenters. The molecule has 17 nitrogen and oxygen atoms in total. The Labute approximate surface area is 367 Å². The molecule has 0 aromatic rings. The summed E-state index contributed by atoms with van der Waals surface area (Å²) in [4.78, 5) is 65.7. The number of unbranched alkanes of at least 4 members (excludes halogenated alkanes) is 20. The zero-order valence-electron chi connectivity index (χ0n) is 36.6. The van der Waals surface area contributed by atoms with Crippen LogP contribution in [0.1, 0.15) is 181 Å². The van der Waals surface area contributed by atoms with Crippen LogP contribution in [0.3, 0.4) is 0 Å². The van der Waals surface area contributed by atoms with Crippen molar-refractivity contribution in [2.24, 2.45) is 0 Å². The summed E-state index contributed by atoms with van der Waals surface area (Å²) in [5, 5.41) is 41.4. The molecule has 360 valence electrons. The van der Waals surface area contributed by atoms with Gasteiger partial charge in [-0.2, -0.15) is 0 Å². The average Bonchev–Trinajstić information content (AvgIpc) is 3.20. The van der Waals surface area contributed by atoms with Crippen molar-refractivity contribution in [3.63, 3.8) is 0 Å². The maximum atomic E-state index is 13.0. The number of aliphatic hydroxyl groups is 4. The number of rotatable bonds is 38. The van der Waals surface area contributed by atoms with Crippen LogP contribution in [0.5, 0.6) is 0 Å². The molecule has 1 aliphatic carbocycles. The van der Waals surface area contributed by atoms with Crippen molar-refractivity contribution < 1.29 is 81.7 Å². The Kier molecular flexibility index (Phi) is 32.7. The maximum absolute atomic E-state index is 13.0. The number of esters is 2. The largest absolute Gasteiger partial charge is 0.472 e. The van der Waals surface area contributed by atoms with Gasteiger partial charge in [-0.1, -0.05) is 148 Å². The third kappa shape index (κ3) is 29.2. The molecular weight excluding hydrogens is 858 g/mol. The number of phosphoric acid groups is 2. The van der Waals surface area contributed by atoms with Crippen molar-refractivity contribution in [1.82, 2.24) is 0 Å². The molecular formula is C41H78O17P2S. The van der Waals surface area contributed by atoms with Gasteiger partial charge in [-0.25, -0.2) is 9.13 Å². The molecule has 0 bridgehead atoms. The molecule has 20 heteroatoms. The van der Waals surface area contributed by atoms with E-state index in [0.717, 1.165) is 89.2 Å². The first-order valence-corrected chi connectivity index (χ1v) is 26.6. The summed E-state index contributed by atoms with van der Waals surface area (Å²) >= 11 is 1.42. The quantitative estimate of drug-likeness (QED) is 0.0181. The number of phosphoric ester groups is 2. The second-order valence-electron chi connectivity index (χ2n) is 16.0. The second-order valence-corrected chi connectivity index (χ2v) is 19.8. The molecule has 1 saturated carbocycles. The third-order valence-corrected chi connectivity index (χ3v) is 13.0. The van der Waals surface area contributed by atoms with Crippen molar-refractivity contribution in [3.8, 4) is 0 Å². The first-order chi connectivity index (χ1) is 29.0. The maximum Gasteiger partial charge on any atom is 0.472 e. The van der Waals surface area contributed by atoms with Gasteiger partial charge in [0, 0.05) is 25.0 Å². The van der Waals surface area contributed by atoms with E-state index in [0.29, 0.717) is 19.3 Å². The molecule has 1 fully saturated rings. The molecule has 1 aliphatic rings. The molecule has 0 aromatic heterocycles. The highest BCUT2D eigenvalue weighted by atomic mass is 32.2. The molecule has 1 rings (SSSR count). The highest BCUT2D eigenvalue weighted by Gasteiger charge is 2.54. The predicted octanol–water partition coefficient (Wildman–Crippen LogP) is 7.32. The Hall–Kier alpha value is -0.980. The van der Waals surface area contributed by atoms with Crippen molar-refractivity contribution >= 4 is 44.5 Å². The van der Waals surface area contributed by atoms with Crippen LogP contribution in [-0.4, -0.2) is 114 Å². The van der Waals surface area contributed by atoms with E-state index in [1.807, 2.05) is 6.92 Å². The fraction of sp³-hybridized carbons (Fsp3) is 0.927. The highest BCUT2D eigenvalue weighted by Crippen LogP contribution is 2.49. The summed E-state index contributed by atoms with van der Waals surface area (Å²) in [7, 11) is -10.7. The first kappa shape index (κ1) is 58.0. The lowest BCUT2D eigenvalue weighted by Gasteiger charge is -2.43. The van der Waals surface area contributed by atoms with E-state index in [2.05, 4.69) is 11.4 Å². The number of hydrogen-bond acceptors (Lipinski definition) is 15. The van der Waals surface area contributed by atoms with Crippen LogP contribution in [-0.2, 0) is 46.6 Å². The highest BCUT2D eigenvalue weighted by molar-refractivity contribution is 8.13. The minimum absolute atomic E-state index is 0.0379. The summed E-state index contributed by atoms with van der Waals surface area (Å²) in [6, 6.07) is 0. The first-order valence-electron chi connectivity index (χ1n) is 22.6. The fourth-order valence-electron chi connectivity index (χ4n) is 6.93. The smallest absolute Gasteiger partial charge is 0.462 e. The number of carbonyl (C=O) groups excluding carboxylic acids is 3. The SMILES string of the molecule is CCCCCCCCCCCCCCCC(=O)O[C@H](COC(=O)CCCCCCCCCCCSC(=O)CCC)COP(=O)(O)OC1C(O)[C@@H](O)C(O)[C@@H](OP(=O)(O)O)[C@H]1O. The van der Waals surface area contributed by atoms with Crippen molar-refractivity contribution in [2.45, 2.75) is 224 Å². The Morgan fingerprint density at radius 2 is 0.967 bits per heavy atom. The molecule has 7 N–H and O–H groups in total. The van der Waals surface area contributed by atoms with Crippen LogP contribution in [0, 0.1) is 0 Å². The Morgan fingerprint density at radius 3 is 1.44 bits per heavy atom. The molecule has 0 aliphatic heterocycles. The van der Waals surface area contributed by atoms with Gasteiger partial charge in [0.2, 0.25) is 0 Å². The summed E-state index contributed by atoms with van der Waals surface area (Å²) in [5.74, 6) is -0.360. The van der Waals surface area contributed by atoms with E-state index in [-0.39, 0.29) is 18.0 Å². The van der Waals surface area contributed by atoms with Crippen molar-refractivity contribution in [2.75, 3.05) is 19.0 Å². The molecule has 0 radical (unpaired) electrons. The van der Waals surface area contributed by atoms with Gasteiger partial charge < -0.3 is 44.6 Å². The predicted molar refractivity (Wildman–Crippen MR) is 231 cm³/mol. The lowest BCUT2D eigenvalue weighted by molar-refractivity contribution is -0.216. The van der Waals surface area contributed by atoms with E-state index in [4.69, 9.17) is 28.3 Å². The number of carbonyl (C=O) groups is 3. The zero-order chi connectivity index (χ0) is 45.5. The van der Waals surface area contributed by atoms with Gasteiger partial charge >= 0.3 is 27.6 Å². The molecule has 61 heavy (non-hydrogen) atoms. The summed E-state index contributed by atoms with van der Waals surface area (Å²) < 4.78 is 49.3. The Balaban J connectivity index is 2.60. The second kappa shape index (κ2) is 34.4. The van der Waals surface area contributed by atoms with Gasteiger partial charge in [-0.15, -0.1) is 0 Å². The van der Waals surface area contributed by atoms with Gasteiger partial charge in [0.1, 0.15) is 43.2 Å². The van der Waals surface area contributed by atoms with Crippen molar-refractivity contribution in [3.05, 3.63) is 0 Å². The lowest BCUT2D eigenvalue weighted by atomic mass is 9.85. The van der Waals surface area contributed by atoms with Crippen LogP contribution in [0.25, 0.3) is 0 Å². The van der Waals surface area contributed by atoms with E-state index < -0.39 is 83.5 Å². The molecule has 0 spiro atoms.